The van der Waals surface area contributed by atoms with E-state index in [-0.39, 0.29) is 5.82 Å². The van der Waals surface area contributed by atoms with Gasteiger partial charge in [-0.05, 0) is 31.0 Å². The van der Waals surface area contributed by atoms with E-state index in [1.807, 2.05) is 12.1 Å². The van der Waals surface area contributed by atoms with E-state index in [0.717, 1.165) is 19.5 Å². The molecule has 1 saturated heterocycles. The molecule has 0 aromatic heterocycles. The summed E-state index contributed by atoms with van der Waals surface area (Å²) in [7, 11) is 0. The molecule has 3 rings (SSSR count). The lowest BCUT2D eigenvalue weighted by Crippen LogP contribution is -2.28. The largest absolute Gasteiger partial charge is 0.379 e. The van der Waals surface area contributed by atoms with Gasteiger partial charge in [0.15, 0.2) is 0 Å². The fourth-order valence-electron chi connectivity index (χ4n) is 3.04. The first-order chi connectivity index (χ1) is 10.2. The lowest BCUT2D eigenvalue weighted by atomic mass is 10.1. The summed E-state index contributed by atoms with van der Waals surface area (Å²) >= 11 is 0. The van der Waals surface area contributed by atoms with E-state index in [1.54, 1.807) is 12.1 Å². The van der Waals surface area contributed by atoms with Crippen LogP contribution in [0.15, 0.2) is 54.6 Å². The van der Waals surface area contributed by atoms with Gasteiger partial charge in [0.25, 0.3) is 0 Å². The molecule has 2 atom stereocenters. The number of nitrogens with zero attached hydrogens (tertiary/aromatic N) is 1. The molecule has 0 aliphatic carbocycles. The van der Waals surface area contributed by atoms with Gasteiger partial charge >= 0.3 is 0 Å². The zero-order valence-corrected chi connectivity index (χ0v) is 12.3. The number of rotatable bonds is 4. The summed E-state index contributed by atoms with van der Waals surface area (Å²) in [6, 6.07) is 18.2. The van der Waals surface area contributed by atoms with E-state index in [4.69, 9.17) is 0 Å². The number of para-hydroxylation sites is 1. The predicted molar refractivity (Wildman–Crippen MR) is 84.7 cm³/mol. The fraction of sp³-hybridized carbons (Fsp3) is 0.333. The van der Waals surface area contributed by atoms with Crippen molar-refractivity contribution in [3.8, 4) is 0 Å². The SMILES string of the molecule is CC1CC(Nc2ccccc2F)CN1Cc1ccccc1. The summed E-state index contributed by atoms with van der Waals surface area (Å²) in [5.74, 6) is -0.174. The van der Waals surface area contributed by atoms with Crippen LogP contribution in [0, 0.1) is 5.82 Å². The maximum absolute atomic E-state index is 13.7. The third kappa shape index (κ3) is 3.42. The number of benzene rings is 2. The normalized spacial score (nSPS) is 22.4. The smallest absolute Gasteiger partial charge is 0.146 e. The van der Waals surface area contributed by atoms with Crippen molar-refractivity contribution in [1.82, 2.24) is 4.90 Å². The predicted octanol–water partition coefficient (Wildman–Crippen LogP) is 3.90. The van der Waals surface area contributed by atoms with Crippen molar-refractivity contribution in [2.75, 3.05) is 11.9 Å². The molecule has 0 saturated carbocycles. The van der Waals surface area contributed by atoms with Gasteiger partial charge in [0.1, 0.15) is 5.82 Å². The Morgan fingerprint density at radius 3 is 2.57 bits per heavy atom. The molecular weight excluding hydrogens is 263 g/mol. The van der Waals surface area contributed by atoms with Gasteiger partial charge in [0, 0.05) is 25.2 Å². The second kappa shape index (κ2) is 6.27. The molecule has 1 heterocycles. The second-order valence-corrected chi connectivity index (χ2v) is 5.82. The minimum atomic E-state index is -0.174. The van der Waals surface area contributed by atoms with Gasteiger partial charge in [0.2, 0.25) is 0 Å². The van der Waals surface area contributed by atoms with Crippen molar-refractivity contribution in [2.24, 2.45) is 0 Å². The summed E-state index contributed by atoms with van der Waals surface area (Å²) < 4.78 is 13.7. The summed E-state index contributed by atoms with van der Waals surface area (Å²) in [5.41, 5.74) is 1.94. The summed E-state index contributed by atoms with van der Waals surface area (Å²) in [6.45, 7) is 4.15. The van der Waals surface area contributed by atoms with Crippen molar-refractivity contribution < 1.29 is 4.39 Å². The zero-order chi connectivity index (χ0) is 14.7. The molecule has 1 aliphatic heterocycles. The molecule has 1 N–H and O–H groups in total. The average molecular weight is 284 g/mol. The van der Waals surface area contributed by atoms with E-state index in [0.29, 0.717) is 17.8 Å². The molecule has 0 spiro atoms. The highest BCUT2D eigenvalue weighted by molar-refractivity contribution is 5.45. The van der Waals surface area contributed by atoms with Gasteiger partial charge in [-0.1, -0.05) is 42.5 Å². The van der Waals surface area contributed by atoms with E-state index >= 15 is 0 Å². The van der Waals surface area contributed by atoms with Gasteiger partial charge in [-0.3, -0.25) is 4.90 Å². The fourth-order valence-corrected chi connectivity index (χ4v) is 3.04. The molecule has 2 nitrogen and oxygen atoms in total. The quantitative estimate of drug-likeness (QED) is 0.916. The van der Waals surface area contributed by atoms with Gasteiger partial charge < -0.3 is 5.32 Å². The van der Waals surface area contributed by atoms with Crippen LogP contribution < -0.4 is 5.32 Å². The first kappa shape index (κ1) is 14.1. The Kier molecular flexibility index (Phi) is 4.20. The lowest BCUT2D eigenvalue weighted by molar-refractivity contribution is 0.259. The average Bonchev–Trinajstić information content (AvgIpc) is 2.82. The Labute approximate surface area is 125 Å². The zero-order valence-electron chi connectivity index (χ0n) is 12.3. The topological polar surface area (TPSA) is 15.3 Å². The van der Waals surface area contributed by atoms with Crippen molar-refractivity contribution in [1.29, 1.82) is 0 Å². The molecule has 2 aromatic carbocycles. The van der Waals surface area contributed by atoms with Gasteiger partial charge in [0.05, 0.1) is 5.69 Å². The Hall–Kier alpha value is -1.87. The lowest BCUT2D eigenvalue weighted by Gasteiger charge is -2.21. The molecule has 1 fully saturated rings. The number of likely N-dealkylation sites (tertiary alicyclic amines) is 1. The standard InChI is InChI=1S/C18H21FN2/c1-14-11-16(20-18-10-6-5-9-17(18)19)13-21(14)12-15-7-3-2-4-8-15/h2-10,14,16,20H,11-13H2,1H3. The number of anilines is 1. The van der Waals surface area contributed by atoms with Gasteiger partial charge in [-0.15, -0.1) is 0 Å². The van der Waals surface area contributed by atoms with Crippen LogP contribution in [0.2, 0.25) is 0 Å². The molecule has 3 heteroatoms. The Balaban J connectivity index is 1.62. The Morgan fingerprint density at radius 2 is 1.81 bits per heavy atom. The number of hydrogen-bond donors (Lipinski definition) is 1. The van der Waals surface area contributed by atoms with Crippen molar-refractivity contribution in [3.63, 3.8) is 0 Å². The molecule has 0 bridgehead atoms. The first-order valence-corrected chi connectivity index (χ1v) is 7.51. The van der Waals surface area contributed by atoms with Crippen LogP contribution >= 0.6 is 0 Å². The maximum Gasteiger partial charge on any atom is 0.146 e. The van der Waals surface area contributed by atoms with E-state index in [2.05, 4.69) is 41.4 Å². The second-order valence-electron chi connectivity index (χ2n) is 5.82. The third-order valence-corrected chi connectivity index (χ3v) is 4.17. The van der Waals surface area contributed by atoms with Crippen LogP contribution in [0.5, 0.6) is 0 Å². The van der Waals surface area contributed by atoms with Crippen LogP contribution in [-0.2, 0) is 6.54 Å². The van der Waals surface area contributed by atoms with E-state index in [1.165, 1.54) is 11.6 Å². The van der Waals surface area contributed by atoms with Gasteiger partial charge in [-0.2, -0.15) is 0 Å². The Morgan fingerprint density at radius 1 is 1.10 bits per heavy atom. The summed E-state index contributed by atoms with van der Waals surface area (Å²) in [6.07, 6.45) is 1.04. The Bertz CT molecular complexity index is 585. The molecule has 2 unspecified atom stereocenters. The number of nitrogens with one attached hydrogen (secondary N) is 1. The van der Waals surface area contributed by atoms with Gasteiger partial charge in [-0.25, -0.2) is 4.39 Å². The van der Waals surface area contributed by atoms with Crippen molar-refractivity contribution >= 4 is 5.69 Å². The van der Waals surface area contributed by atoms with Crippen molar-refractivity contribution in [2.45, 2.75) is 32.0 Å². The van der Waals surface area contributed by atoms with Crippen LogP contribution in [0.1, 0.15) is 18.9 Å². The molecule has 21 heavy (non-hydrogen) atoms. The van der Waals surface area contributed by atoms with E-state index < -0.39 is 0 Å². The van der Waals surface area contributed by atoms with Crippen LogP contribution in [-0.4, -0.2) is 23.5 Å². The molecule has 0 amide bonds. The molecule has 2 aromatic rings. The molecule has 110 valence electrons. The molecule has 1 aliphatic rings. The number of hydrogen-bond acceptors (Lipinski definition) is 2. The highest BCUT2D eigenvalue weighted by atomic mass is 19.1. The molecular formula is C18H21FN2. The van der Waals surface area contributed by atoms with Crippen LogP contribution in [0.25, 0.3) is 0 Å². The molecule has 0 radical (unpaired) electrons. The monoisotopic (exact) mass is 284 g/mol. The minimum Gasteiger partial charge on any atom is -0.379 e. The number of halogens is 1. The van der Waals surface area contributed by atoms with Crippen LogP contribution in [0.4, 0.5) is 10.1 Å². The maximum atomic E-state index is 13.7. The van der Waals surface area contributed by atoms with Crippen molar-refractivity contribution in [3.05, 3.63) is 66.0 Å². The van der Waals surface area contributed by atoms with Crippen LogP contribution in [0.3, 0.4) is 0 Å². The highest BCUT2D eigenvalue weighted by Gasteiger charge is 2.29. The highest BCUT2D eigenvalue weighted by Crippen LogP contribution is 2.24. The minimum absolute atomic E-state index is 0.174. The first-order valence-electron chi connectivity index (χ1n) is 7.51. The summed E-state index contributed by atoms with van der Waals surface area (Å²) in [4.78, 5) is 2.45. The van der Waals surface area contributed by atoms with E-state index in [9.17, 15) is 4.39 Å². The third-order valence-electron chi connectivity index (χ3n) is 4.17. The summed E-state index contributed by atoms with van der Waals surface area (Å²) in [5, 5.41) is 3.34.